The number of aromatic nitrogens is 2. The Labute approximate surface area is 149 Å². The van der Waals surface area contributed by atoms with Crippen molar-refractivity contribution in [1.29, 1.82) is 0 Å². The van der Waals surface area contributed by atoms with Crippen molar-refractivity contribution in [3.8, 4) is 17.2 Å². The molecule has 0 aliphatic carbocycles. The minimum absolute atomic E-state index is 0.0163. The van der Waals surface area contributed by atoms with Crippen LogP contribution < -0.4 is 19.5 Å². The highest BCUT2D eigenvalue weighted by atomic mass is 16.7. The van der Waals surface area contributed by atoms with Crippen LogP contribution in [-0.2, 0) is 11.3 Å². The van der Waals surface area contributed by atoms with Crippen molar-refractivity contribution in [2.45, 2.75) is 18.9 Å². The van der Waals surface area contributed by atoms with E-state index in [1.165, 1.54) is 0 Å². The number of hydrogen-bond donors (Lipinski definition) is 1. The van der Waals surface area contributed by atoms with Crippen molar-refractivity contribution in [1.82, 2.24) is 14.7 Å². The Morgan fingerprint density at radius 3 is 2.96 bits per heavy atom. The molecule has 0 saturated heterocycles. The zero-order valence-electron chi connectivity index (χ0n) is 14.2. The van der Waals surface area contributed by atoms with Crippen LogP contribution in [0, 0.1) is 0 Å². The number of nitrogens with one attached hydrogen (secondary N) is 1. The predicted molar refractivity (Wildman–Crippen MR) is 92.6 cm³/mol. The number of carbonyl (C=O) groups excluding carboxylic acids is 1. The second-order valence-corrected chi connectivity index (χ2v) is 6.35. The molecule has 1 aromatic carbocycles. The SMILES string of the molecule is COc1cc2c(cc1[C@@H]1CC(=O)NCc3nc4ccccn4c31)OCO2. The fourth-order valence-electron chi connectivity index (χ4n) is 3.74. The van der Waals surface area contributed by atoms with Gasteiger partial charge in [-0.1, -0.05) is 6.07 Å². The molecule has 7 nitrogen and oxygen atoms in total. The Hall–Kier alpha value is -3.22. The quantitative estimate of drug-likeness (QED) is 0.766. The van der Waals surface area contributed by atoms with E-state index in [-0.39, 0.29) is 18.6 Å². The second kappa shape index (κ2) is 5.66. The number of methoxy groups -OCH3 is 1. The van der Waals surface area contributed by atoms with Crippen molar-refractivity contribution in [3.05, 3.63) is 53.5 Å². The lowest BCUT2D eigenvalue weighted by atomic mass is 9.90. The fourth-order valence-corrected chi connectivity index (χ4v) is 3.74. The summed E-state index contributed by atoms with van der Waals surface area (Å²) >= 11 is 0. The second-order valence-electron chi connectivity index (χ2n) is 6.35. The average Bonchev–Trinajstić information content (AvgIpc) is 3.23. The molecular formula is C19H17N3O4. The van der Waals surface area contributed by atoms with Crippen LogP contribution in [0.5, 0.6) is 17.2 Å². The lowest BCUT2D eigenvalue weighted by Crippen LogP contribution is -2.21. The molecule has 0 fully saturated rings. The number of benzene rings is 1. The molecule has 3 aromatic rings. The van der Waals surface area contributed by atoms with Gasteiger partial charge in [0.1, 0.15) is 11.4 Å². The van der Waals surface area contributed by atoms with Crippen LogP contribution in [0.3, 0.4) is 0 Å². The van der Waals surface area contributed by atoms with Crippen molar-refractivity contribution >= 4 is 11.6 Å². The summed E-state index contributed by atoms with van der Waals surface area (Å²) in [6.45, 7) is 0.604. The molecule has 4 heterocycles. The number of pyridine rings is 1. The van der Waals surface area contributed by atoms with Crippen LogP contribution in [-0.4, -0.2) is 29.2 Å². The number of imidazole rings is 1. The monoisotopic (exact) mass is 351 g/mol. The maximum atomic E-state index is 12.4. The van der Waals surface area contributed by atoms with Crippen LogP contribution in [0.15, 0.2) is 36.5 Å². The highest BCUT2D eigenvalue weighted by Gasteiger charge is 2.32. The van der Waals surface area contributed by atoms with Crippen molar-refractivity contribution in [3.63, 3.8) is 0 Å². The Balaban J connectivity index is 1.75. The van der Waals surface area contributed by atoms with Gasteiger partial charge in [0.25, 0.3) is 0 Å². The third-order valence-corrected chi connectivity index (χ3v) is 4.92. The van der Waals surface area contributed by atoms with Crippen LogP contribution in [0.25, 0.3) is 5.65 Å². The maximum absolute atomic E-state index is 12.4. The molecule has 0 spiro atoms. The summed E-state index contributed by atoms with van der Waals surface area (Å²) in [5.74, 6) is 1.78. The fraction of sp³-hybridized carbons (Fsp3) is 0.263. The average molecular weight is 351 g/mol. The minimum atomic E-state index is -0.200. The molecule has 26 heavy (non-hydrogen) atoms. The summed E-state index contributed by atoms with van der Waals surface area (Å²) in [6, 6.07) is 9.61. The van der Waals surface area contributed by atoms with E-state index >= 15 is 0 Å². The predicted octanol–water partition coefficient (Wildman–Crippen LogP) is 2.22. The number of hydrogen-bond acceptors (Lipinski definition) is 5. The van der Waals surface area contributed by atoms with Crippen molar-refractivity contribution < 1.29 is 19.0 Å². The van der Waals surface area contributed by atoms with Gasteiger partial charge in [0.2, 0.25) is 12.7 Å². The van der Waals surface area contributed by atoms with E-state index in [0.29, 0.717) is 30.2 Å². The molecule has 7 heteroatoms. The van der Waals surface area contributed by atoms with Crippen molar-refractivity contribution in [2.75, 3.05) is 13.9 Å². The number of fused-ring (bicyclic) bond motifs is 4. The van der Waals surface area contributed by atoms with Crippen LogP contribution in [0.1, 0.15) is 29.3 Å². The molecule has 0 saturated carbocycles. The van der Waals surface area contributed by atoms with Crippen LogP contribution in [0.4, 0.5) is 0 Å². The molecule has 2 aliphatic rings. The molecule has 0 bridgehead atoms. The summed E-state index contributed by atoms with van der Waals surface area (Å²) in [5.41, 5.74) is 3.61. The van der Waals surface area contributed by atoms with Crippen molar-refractivity contribution in [2.24, 2.45) is 0 Å². The zero-order chi connectivity index (χ0) is 17.7. The topological polar surface area (TPSA) is 74.1 Å². The van der Waals surface area contributed by atoms with E-state index in [1.54, 1.807) is 7.11 Å². The van der Waals surface area contributed by atoms with E-state index in [2.05, 4.69) is 5.32 Å². The van der Waals surface area contributed by atoms with Gasteiger partial charge in [-0.3, -0.25) is 4.79 Å². The number of ether oxygens (including phenoxy) is 3. The normalized spacial score (nSPS) is 18.3. The Kier molecular flexibility index (Phi) is 3.28. The third kappa shape index (κ3) is 2.20. The summed E-state index contributed by atoms with van der Waals surface area (Å²) in [4.78, 5) is 17.1. The highest BCUT2D eigenvalue weighted by Crippen LogP contribution is 2.44. The molecule has 0 radical (unpaired) electrons. The molecule has 1 atom stereocenters. The standard InChI is InChI=1S/C19H17N3O4/c1-24-14-8-16-15(25-10-26-16)6-11(14)12-7-18(23)20-9-13-19(12)22-5-3-2-4-17(22)21-13/h2-6,8,12H,7,9-10H2,1H3,(H,20,23)/t12-/m0/s1. The van der Waals surface area contributed by atoms with E-state index < -0.39 is 0 Å². The van der Waals surface area contributed by atoms with E-state index in [0.717, 1.165) is 22.6 Å². The Morgan fingerprint density at radius 2 is 2.12 bits per heavy atom. The Morgan fingerprint density at radius 1 is 1.27 bits per heavy atom. The Bertz CT molecular complexity index is 1030. The molecule has 5 rings (SSSR count). The van der Waals surface area contributed by atoms with Gasteiger partial charge < -0.3 is 23.9 Å². The van der Waals surface area contributed by atoms with E-state index in [9.17, 15) is 4.79 Å². The molecular weight excluding hydrogens is 334 g/mol. The van der Waals surface area contributed by atoms with Gasteiger partial charge in [0.15, 0.2) is 11.5 Å². The molecule has 2 aliphatic heterocycles. The van der Waals surface area contributed by atoms with Crippen LogP contribution >= 0.6 is 0 Å². The van der Waals surface area contributed by atoms with E-state index in [4.69, 9.17) is 19.2 Å². The lowest BCUT2D eigenvalue weighted by molar-refractivity contribution is -0.121. The van der Waals surface area contributed by atoms with E-state index in [1.807, 2.05) is 40.9 Å². The smallest absolute Gasteiger partial charge is 0.231 e. The first-order valence-electron chi connectivity index (χ1n) is 8.44. The van der Waals surface area contributed by atoms with Gasteiger partial charge in [0, 0.05) is 30.2 Å². The number of rotatable bonds is 2. The van der Waals surface area contributed by atoms with Gasteiger partial charge in [-0.05, 0) is 18.2 Å². The van der Waals surface area contributed by atoms with Gasteiger partial charge >= 0.3 is 0 Å². The van der Waals surface area contributed by atoms with Crippen LogP contribution in [0.2, 0.25) is 0 Å². The third-order valence-electron chi connectivity index (χ3n) is 4.92. The van der Waals surface area contributed by atoms with Gasteiger partial charge in [-0.15, -0.1) is 0 Å². The first-order valence-corrected chi connectivity index (χ1v) is 8.44. The molecule has 1 amide bonds. The summed E-state index contributed by atoms with van der Waals surface area (Å²) < 4.78 is 18.7. The largest absolute Gasteiger partial charge is 0.496 e. The summed E-state index contributed by atoms with van der Waals surface area (Å²) in [7, 11) is 1.62. The highest BCUT2D eigenvalue weighted by molar-refractivity contribution is 5.79. The summed E-state index contributed by atoms with van der Waals surface area (Å²) in [6.07, 6.45) is 2.29. The minimum Gasteiger partial charge on any atom is -0.496 e. The lowest BCUT2D eigenvalue weighted by Gasteiger charge is -2.19. The number of nitrogens with zero attached hydrogens (tertiary/aromatic N) is 2. The number of carbonyl (C=O) groups is 1. The zero-order valence-corrected chi connectivity index (χ0v) is 14.2. The van der Waals surface area contributed by atoms with Gasteiger partial charge in [-0.2, -0.15) is 0 Å². The maximum Gasteiger partial charge on any atom is 0.231 e. The molecule has 1 N–H and O–H groups in total. The van der Waals surface area contributed by atoms with Gasteiger partial charge in [0.05, 0.1) is 25.0 Å². The first-order chi connectivity index (χ1) is 12.7. The molecule has 2 aromatic heterocycles. The molecule has 0 unspecified atom stereocenters. The van der Waals surface area contributed by atoms with Gasteiger partial charge in [-0.25, -0.2) is 4.98 Å². The molecule has 132 valence electrons. The number of amides is 1. The summed E-state index contributed by atoms with van der Waals surface area (Å²) in [5, 5.41) is 2.94. The first kappa shape index (κ1) is 15.1.